The predicted octanol–water partition coefficient (Wildman–Crippen LogP) is 6.45. The molecule has 3 aromatic rings. The maximum atomic E-state index is 12.7. The number of rotatable bonds is 6. The summed E-state index contributed by atoms with van der Waals surface area (Å²) in [6.07, 6.45) is 6.04. The van der Waals surface area contributed by atoms with Crippen LogP contribution in [-0.4, -0.2) is 30.2 Å². The first-order valence-corrected chi connectivity index (χ1v) is 12.4. The number of carbonyl (C=O) groups excluding carboxylic acids is 1. The van der Waals surface area contributed by atoms with Gasteiger partial charge in [-0.1, -0.05) is 19.1 Å². The molecule has 0 unspecified atom stereocenters. The molecular weight excluding hydrogens is 412 g/mol. The molecule has 1 aliphatic heterocycles. The quantitative estimate of drug-likeness (QED) is 0.448. The zero-order chi connectivity index (χ0) is 21.1. The van der Waals surface area contributed by atoms with Gasteiger partial charge < -0.3 is 9.73 Å². The minimum absolute atomic E-state index is 0.130. The van der Waals surface area contributed by atoms with Gasteiger partial charge in [0.2, 0.25) is 0 Å². The molecule has 2 aromatic heterocycles. The number of thioether (sulfide) groups is 1. The van der Waals surface area contributed by atoms with Crippen LogP contribution in [0.4, 0.5) is 5.00 Å². The number of aryl methyl sites for hydroxylation is 1. The van der Waals surface area contributed by atoms with Gasteiger partial charge in [-0.15, -0.1) is 23.1 Å². The van der Waals surface area contributed by atoms with Gasteiger partial charge in [0, 0.05) is 15.3 Å². The van der Waals surface area contributed by atoms with E-state index in [4.69, 9.17) is 4.42 Å². The molecule has 0 saturated carbocycles. The molecule has 0 aliphatic carbocycles. The molecule has 158 valence electrons. The van der Waals surface area contributed by atoms with E-state index < -0.39 is 0 Å². The first kappa shape index (κ1) is 21.2. The van der Waals surface area contributed by atoms with Gasteiger partial charge in [-0.25, -0.2) is 0 Å². The smallest absolute Gasteiger partial charge is 0.291 e. The fourth-order valence-electron chi connectivity index (χ4n) is 4.07. The number of nitrogens with one attached hydrogen (secondary N) is 1. The average Bonchev–Trinajstić information content (AvgIpc) is 3.41. The van der Waals surface area contributed by atoms with Crippen LogP contribution in [0.3, 0.4) is 0 Å². The number of amides is 1. The Morgan fingerprint density at radius 3 is 2.60 bits per heavy atom. The van der Waals surface area contributed by atoms with Crippen LogP contribution in [0.25, 0.3) is 0 Å². The number of anilines is 1. The summed E-state index contributed by atoms with van der Waals surface area (Å²) in [4.78, 5) is 17.7. The van der Waals surface area contributed by atoms with E-state index in [0.29, 0.717) is 5.76 Å². The van der Waals surface area contributed by atoms with E-state index >= 15 is 0 Å². The van der Waals surface area contributed by atoms with Crippen LogP contribution in [0.2, 0.25) is 0 Å². The van der Waals surface area contributed by atoms with Gasteiger partial charge in [0.1, 0.15) is 5.00 Å². The van der Waals surface area contributed by atoms with Crippen molar-refractivity contribution in [2.45, 2.75) is 37.6 Å². The van der Waals surface area contributed by atoms with E-state index in [1.807, 2.05) is 0 Å². The van der Waals surface area contributed by atoms with Crippen molar-refractivity contribution in [1.82, 2.24) is 4.90 Å². The lowest BCUT2D eigenvalue weighted by Crippen LogP contribution is -2.37. The maximum absolute atomic E-state index is 12.7. The van der Waals surface area contributed by atoms with Crippen molar-refractivity contribution in [1.29, 1.82) is 0 Å². The van der Waals surface area contributed by atoms with E-state index in [1.165, 1.54) is 40.0 Å². The van der Waals surface area contributed by atoms with Crippen LogP contribution in [0.1, 0.15) is 52.4 Å². The van der Waals surface area contributed by atoms with Gasteiger partial charge in [0.05, 0.1) is 12.3 Å². The third kappa shape index (κ3) is 4.66. The minimum Gasteiger partial charge on any atom is -0.459 e. The summed E-state index contributed by atoms with van der Waals surface area (Å²) in [5, 5.41) is 4.02. The van der Waals surface area contributed by atoms with Crippen molar-refractivity contribution < 1.29 is 9.21 Å². The molecule has 1 atom stereocenters. The highest BCUT2D eigenvalue weighted by Crippen LogP contribution is 2.41. The molecule has 0 spiro atoms. The number of thiophene rings is 1. The van der Waals surface area contributed by atoms with Gasteiger partial charge in [0.25, 0.3) is 5.91 Å². The van der Waals surface area contributed by atoms with E-state index in [2.05, 4.69) is 60.7 Å². The average molecular weight is 441 g/mol. The first-order chi connectivity index (χ1) is 14.5. The number of carbonyl (C=O) groups is 1. The van der Waals surface area contributed by atoms with Gasteiger partial charge in [-0.3, -0.25) is 9.69 Å². The van der Waals surface area contributed by atoms with Gasteiger partial charge in [-0.05, 0) is 80.9 Å². The highest BCUT2D eigenvalue weighted by molar-refractivity contribution is 7.98. The zero-order valence-electron chi connectivity index (χ0n) is 17.7. The van der Waals surface area contributed by atoms with Crippen molar-refractivity contribution in [3.63, 3.8) is 0 Å². The molecule has 1 fully saturated rings. The number of likely N-dealkylation sites (tertiary alicyclic amines) is 1. The van der Waals surface area contributed by atoms with Crippen molar-refractivity contribution >= 4 is 34.0 Å². The van der Waals surface area contributed by atoms with Crippen LogP contribution < -0.4 is 5.32 Å². The van der Waals surface area contributed by atoms with Crippen molar-refractivity contribution in [3.05, 3.63) is 70.5 Å². The number of piperidine rings is 1. The number of nitrogens with zero attached hydrogens (tertiary/aromatic N) is 1. The molecule has 4 nitrogen and oxygen atoms in total. The SMILES string of the molecule is CSc1ccc([C@@H](c2cc(C)sc2NC(=O)c2ccco2)N2CCC(C)CC2)cc1. The van der Waals surface area contributed by atoms with E-state index in [-0.39, 0.29) is 11.9 Å². The van der Waals surface area contributed by atoms with Crippen molar-refractivity contribution in [2.24, 2.45) is 5.92 Å². The van der Waals surface area contributed by atoms with Gasteiger partial charge in [-0.2, -0.15) is 0 Å². The zero-order valence-corrected chi connectivity index (χ0v) is 19.3. The second kappa shape index (κ2) is 9.41. The number of furan rings is 1. The van der Waals surface area contributed by atoms with E-state index in [0.717, 1.165) is 24.0 Å². The topological polar surface area (TPSA) is 45.5 Å². The standard InChI is InChI=1S/C24H28N2O2S2/c1-16-10-12-26(13-11-16)22(18-6-8-19(29-3)9-7-18)20-15-17(2)30-24(20)25-23(27)21-5-4-14-28-21/h4-9,14-16,22H,10-13H2,1-3H3,(H,25,27)/t22-/m0/s1. The summed E-state index contributed by atoms with van der Waals surface area (Å²) in [6, 6.07) is 14.7. The third-order valence-electron chi connectivity index (χ3n) is 5.77. The minimum atomic E-state index is -0.202. The summed E-state index contributed by atoms with van der Waals surface area (Å²) in [5.41, 5.74) is 2.44. The monoisotopic (exact) mass is 440 g/mol. The Morgan fingerprint density at radius 2 is 1.97 bits per heavy atom. The summed E-state index contributed by atoms with van der Waals surface area (Å²) < 4.78 is 5.29. The number of hydrogen-bond acceptors (Lipinski definition) is 5. The predicted molar refractivity (Wildman–Crippen MR) is 126 cm³/mol. The van der Waals surface area contributed by atoms with Crippen molar-refractivity contribution in [3.8, 4) is 0 Å². The molecule has 30 heavy (non-hydrogen) atoms. The molecule has 1 N–H and O–H groups in total. The molecule has 1 aromatic carbocycles. The van der Waals surface area contributed by atoms with Crippen LogP contribution in [0, 0.1) is 12.8 Å². The summed E-state index contributed by atoms with van der Waals surface area (Å²) in [5.74, 6) is 0.898. The molecule has 1 saturated heterocycles. The Balaban J connectivity index is 1.70. The van der Waals surface area contributed by atoms with Crippen LogP contribution >= 0.6 is 23.1 Å². The second-order valence-electron chi connectivity index (χ2n) is 7.97. The molecule has 3 heterocycles. The Kier molecular flexibility index (Phi) is 6.66. The largest absolute Gasteiger partial charge is 0.459 e. The third-order valence-corrected chi connectivity index (χ3v) is 7.49. The molecule has 1 aliphatic rings. The van der Waals surface area contributed by atoms with Crippen LogP contribution in [0.15, 0.2) is 58.0 Å². The number of hydrogen-bond donors (Lipinski definition) is 1. The van der Waals surface area contributed by atoms with E-state index in [1.54, 1.807) is 35.2 Å². The fourth-order valence-corrected chi connectivity index (χ4v) is 5.42. The van der Waals surface area contributed by atoms with E-state index in [9.17, 15) is 4.79 Å². The Bertz CT molecular complexity index is 971. The Morgan fingerprint density at radius 1 is 1.23 bits per heavy atom. The molecule has 0 radical (unpaired) electrons. The summed E-state index contributed by atoms with van der Waals surface area (Å²) >= 11 is 3.39. The maximum Gasteiger partial charge on any atom is 0.291 e. The highest BCUT2D eigenvalue weighted by Gasteiger charge is 2.29. The molecule has 0 bridgehead atoms. The lowest BCUT2D eigenvalue weighted by molar-refractivity contribution is 0.0996. The molecular formula is C24H28N2O2S2. The molecule has 1 amide bonds. The lowest BCUT2D eigenvalue weighted by Gasteiger charge is -2.37. The highest BCUT2D eigenvalue weighted by atomic mass is 32.2. The van der Waals surface area contributed by atoms with Crippen LogP contribution in [0.5, 0.6) is 0 Å². The fraction of sp³-hybridized carbons (Fsp3) is 0.375. The van der Waals surface area contributed by atoms with Gasteiger partial charge in [0.15, 0.2) is 5.76 Å². The Labute approximate surface area is 186 Å². The number of benzene rings is 1. The first-order valence-electron chi connectivity index (χ1n) is 10.4. The lowest BCUT2D eigenvalue weighted by atomic mass is 9.93. The summed E-state index contributed by atoms with van der Waals surface area (Å²) in [7, 11) is 0. The van der Waals surface area contributed by atoms with Crippen LogP contribution in [-0.2, 0) is 0 Å². The van der Waals surface area contributed by atoms with Gasteiger partial charge >= 0.3 is 0 Å². The molecule has 4 rings (SSSR count). The second-order valence-corrected chi connectivity index (χ2v) is 10.1. The normalized spacial score (nSPS) is 16.5. The molecule has 6 heteroatoms. The summed E-state index contributed by atoms with van der Waals surface area (Å²) in [6.45, 7) is 6.57. The Hall–Kier alpha value is -2.02. The van der Waals surface area contributed by atoms with Crippen molar-refractivity contribution in [2.75, 3.05) is 24.7 Å².